The van der Waals surface area contributed by atoms with Crippen molar-refractivity contribution in [3.05, 3.63) is 67.2 Å². The molecule has 9 heteroatoms. The van der Waals surface area contributed by atoms with E-state index in [4.69, 9.17) is 9.47 Å². The third kappa shape index (κ3) is 6.32. The summed E-state index contributed by atoms with van der Waals surface area (Å²) in [7, 11) is 0. The van der Waals surface area contributed by atoms with Gasteiger partial charge < -0.3 is 9.47 Å². The van der Waals surface area contributed by atoms with Crippen LogP contribution in [0.25, 0.3) is 10.2 Å². The zero-order chi connectivity index (χ0) is 27.2. The Morgan fingerprint density at radius 3 is 2.25 bits per heavy atom. The molecule has 0 saturated carbocycles. The van der Waals surface area contributed by atoms with Crippen LogP contribution in [-0.4, -0.2) is 33.3 Å². The van der Waals surface area contributed by atoms with Crippen LogP contribution in [0.4, 0.5) is 0 Å². The molecule has 0 amide bonds. The highest BCUT2D eigenvalue weighted by molar-refractivity contribution is 7.20. The highest BCUT2D eigenvalue weighted by Gasteiger charge is 2.29. The molecule has 8 nitrogen and oxygen atoms in total. The van der Waals surface area contributed by atoms with Gasteiger partial charge in [0.25, 0.3) is 5.56 Å². The van der Waals surface area contributed by atoms with E-state index in [-0.39, 0.29) is 23.4 Å². The lowest BCUT2D eigenvalue weighted by molar-refractivity contribution is -0.158. The van der Waals surface area contributed by atoms with Crippen LogP contribution in [0.5, 0.6) is 0 Å². The van der Waals surface area contributed by atoms with Gasteiger partial charge in [0.05, 0.1) is 12.0 Å². The minimum atomic E-state index is -1.14. The Labute approximate surface area is 215 Å². The smallest absolute Gasteiger partial charge is 0.348 e. The maximum absolute atomic E-state index is 13.6. The number of esters is 2. The number of aryl methyl sites for hydroxylation is 3. The lowest BCUT2D eigenvalue weighted by atomic mass is 10.1. The number of aromatic nitrogens is 2. The van der Waals surface area contributed by atoms with Crippen molar-refractivity contribution >= 4 is 33.5 Å². The molecule has 196 valence electrons. The summed E-state index contributed by atoms with van der Waals surface area (Å²) in [5.41, 5.74) is -0.579. The molecule has 0 spiro atoms. The molecule has 1 aromatic carbocycles. The Kier molecular flexibility index (Phi) is 9.81. The lowest BCUT2D eigenvalue weighted by Gasteiger charge is -2.23. The van der Waals surface area contributed by atoms with Crippen molar-refractivity contribution in [1.29, 1.82) is 0 Å². The Hall–Kier alpha value is -3.20. The summed E-state index contributed by atoms with van der Waals surface area (Å²) in [4.78, 5) is 53.0. The number of carbonyl (C=O) groups excluding carboxylic acids is 2. The number of benzene rings is 1. The first-order valence-corrected chi connectivity index (χ1v) is 13.0. The van der Waals surface area contributed by atoms with Crippen molar-refractivity contribution in [2.45, 2.75) is 80.0 Å². The molecule has 0 aliphatic heterocycles. The zero-order valence-corrected chi connectivity index (χ0v) is 23.2. The molecule has 0 radical (unpaired) electrons. The van der Waals surface area contributed by atoms with Gasteiger partial charge in [0.2, 0.25) is 0 Å². The number of fused-ring (bicyclic) bond motifs is 1. The first-order chi connectivity index (χ1) is 17.0. The van der Waals surface area contributed by atoms with Gasteiger partial charge in [-0.25, -0.2) is 19.0 Å². The van der Waals surface area contributed by atoms with Crippen LogP contribution < -0.4 is 11.2 Å². The Morgan fingerprint density at radius 2 is 1.69 bits per heavy atom. The van der Waals surface area contributed by atoms with Gasteiger partial charge in [0.1, 0.15) is 21.4 Å². The Bertz CT molecular complexity index is 1330. The number of ether oxygens (including phenoxy) is 2. The summed E-state index contributed by atoms with van der Waals surface area (Å²) in [6.45, 7) is 14.4. The van der Waals surface area contributed by atoms with E-state index in [1.807, 2.05) is 44.2 Å². The molecule has 0 aliphatic rings. The third-order valence-electron chi connectivity index (χ3n) is 5.31. The van der Waals surface area contributed by atoms with E-state index in [0.29, 0.717) is 16.8 Å². The van der Waals surface area contributed by atoms with Gasteiger partial charge >= 0.3 is 17.6 Å². The number of hydrogen-bond donors (Lipinski definition) is 0. The quantitative estimate of drug-likeness (QED) is 0.415. The van der Waals surface area contributed by atoms with E-state index in [1.165, 1.54) is 11.5 Å². The van der Waals surface area contributed by atoms with Crippen molar-refractivity contribution in [1.82, 2.24) is 9.13 Å². The number of thiophene rings is 1. The fraction of sp³-hybridized carbons (Fsp3) is 0.481. The Morgan fingerprint density at radius 1 is 1.08 bits per heavy atom. The molecule has 0 bridgehead atoms. The fourth-order valence-corrected chi connectivity index (χ4v) is 4.89. The van der Waals surface area contributed by atoms with Crippen molar-refractivity contribution in [2.75, 3.05) is 6.61 Å². The summed E-state index contributed by atoms with van der Waals surface area (Å²) < 4.78 is 13.0. The normalized spacial score (nSPS) is 12.0. The molecule has 36 heavy (non-hydrogen) atoms. The molecule has 2 aromatic heterocycles. The lowest BCUT2D eigenvalue weighted by Crippen LogP contribution is -2.45. The predicted octanol–water partition coefficient (Wildman–Crippen LogP) is 4.88. The molecule has 0 fully saturated rings. The van der Waals surface area contributed by atoms with E-state index >= 15 is 0 Å². The second kappa shape index (κ2) is 12.2. The van der Waals surface area contributed by atoms with Crippen molar-refractivity contribution in [3.8, 4) is 0 Å². The van der Waals surface area contributed by atoms with E-state index < -0.39 is 34.8 Å². The van der Waals surface area contributed by atoms with Gasteiger partial charge in [-0.05, 0) is 59.1 Å². The molecule has 0 saturated heterocycles. The molecule has 3 aromatic rings. The van der Waals surface area contributed by atoms with Crippen molar-refractivity contribution in [3.63, 3.8) is 0 Å². The molecule has 3 rings (SSSR count). The van der Waals surface area contributed by atoms with E-state index in [0.717, 1.165) is 21.5 Å². The second-order valence-electron chi connectivity index (χ2n) is 9.01. The third-order valence-corrected chi connectivity index (χ3v) is 6.60. The van der Waals surface area contributed by atoms with Gasteiger partial charge in [-0.1, -0.05) is 44.2 Å². The number of carbonyl (C=O) groups is 2. The molecular weight excluding hydrogens is 480 g/mol. The minimum absolute atomic E-state index is 0.188. The Balaban J connectivity index is 0.00000222. The highest BCUT2D eigenvalue weighted by atomic mass is 32.1. The number of rotatable bonds is 7. The van der Waals surface area contributed by atoms with Crippen LogP contribution in [0.1, 0.15) is 75.3 Å². The summed E-state index contributed by atoms with van der Waals surface area (Å²) in [6, 6.07) is 8.49. The van der Waals surface area contributed by atoms with Crippen LogP contribution in [0.3, 0.4) is 0 Å². The maximum atomic E-state index is 13.6. The SMILES string of the molecule is CC.CCOC(=O)c1sc2c(c1C)c(=O)n(C(C)C(=O)OC(C)(C)C)c(=O)n2CCc1ccccc1. The fourth-order valence-electron chi connectivity index (χ4n) is 3.67. The van der Waals surface area contributed by atoms with Crippen LogP contribution in [0.2, 0.25) is 0 Å². The second-order valence-corrected chi connectivity index (χ2v) is 10.0. The first-order valence-electron chi connectivity index (χ1n) is 12.2. The molecule has 1 unspecified atom stereocenters. The molecule has 2 heterocycles. The van der Waals surface area contributed by atoms with Gasteiger partial charge in [-0.3, -0.25) is 9.36 Å². The average Bonchev–Trinajstić information content (AvgIpc) is 3.17. The van der Waals surface area contributed by atoms with Crippen LogP contribution in [-0.2, 0) is 27.2 Å². The number of hydrogen-bond acceptors (Lipinski definition) is 7. The standard InChI is InChI=1S/C25H30N2O6S.C2H6/c1-7-32-23(30)19-15(2)18-20(28)27(16(3)22(29)33-25(4,5)6)24(31)26(21(18)34-19)14-13-17-11-9-8-10-12-17;1-2/h8-12,16H,7,13-14H2,1-6H3;1-2H3. The van der Waals surface area contributed by atoms with Gasteiger partial charge in [0.15, 0.2) is 0 Å². The molecule has 1 atom stereocenters. The molecular formula is C27H36N2O6S. The van der Waals surface area contributed by atoms with Crippen molar-refractivity contribution in [2.24, 2.45) is 0 Å². The molecule has 0 N–H and O–H groups in total. The largest absolute Gasteiger partial charge is 0.462 e. The first kappa shape index (κ1) is 29.0. The van der Waals surface area contributed by atoms with E-state index in [1.54, 1.807) is 34.6 Å². The van der Waals surface area contributed by atoms with Crippen molar-refractivity contribution < 1.29 is 19.1 Å². The van der Waals surface area contributed by atoms with Crippen LogP contribution >= 0.6 is 11.3 Å². The van der Waals surface area contributed by atoms with Gasteiger partial charge in [-0.2, -0.15) is 0 Å². The summed E-state index contributed by atoms with van der Waals surface area (Å²) in [5.74, 6) is -1.23. The monoisotopic (exact) mass is 516 g/mol. The molecule has 0 aliphatic carbocycles. The van der Waals surface area contributed by atoms with Crippen LogP contribution in [0, 0.1) is 6.92 Å². The van der Waals surface area contributed by atoms with E-state index in [9.17, 15) is 19.2 Å². The highest BCUT2D eigenvalue weighted by Crippen LogP contribution is 2.29. The van der Waals surface area contributed by atoms with Gasteiger partial charge in [-0.15, -0.1) is 11.3 Å². The summed E-state index contributed by atoms with van der Waals surface area (Å²) in [5, 5.41) is 0.233. The van der Waals surface area contributed by atoms with Gasteiger partial charge in [0, 0.05) is 6.54 Å². The maximum Gasteiger partial charge on any atom is 0.348 e. The zero-order valence-electron chi connectivity index (χ0n) is 22.3. The van der Waals surface area contributed by atoms with E-state index in [2.05, 4.69) is 0 Å². The summed E-state index contributed by atoms with van der Waals surface area (Å²) in [6.07, 6.45) is 0.528. The number of nitrogens with zero attached hydrogens (tertiary/aromatic N) is 2. The average molecular weight is 517 g/mol. The summed E-state index contributed by atoms with van der Waals surface area (Å²) >= 11 is 1.06. The topological polar surface area (TPSA) is 96.6 Å². The predicted molar refractivity (Wildman–Crippen MR) is 143 cm³/mol. The minimum Gasteiger partial charge on any atom is -0.462 e. The van der Waals surface area contributed by atoms with Crippen LogP contribution in [0.15, 0.2) is 39.9 Å².